The lowest BCUT2D eigenvalue weighted by atomic mass is 9.94. The summed E-state index contributed by atoms with van der Waals surface area (Å²) in [7, 11) is 0. The van der Waals surface area contributed by atoms with Crippen molar-refractivity contribution >= 4 is 0 Å². The monoisotopic (exact) mass is 438 g/mol. The molecule has 4 heteroatoms. The van der Waals surface area contributed by atoms with Crippen LogP contribution < -0.4 is 0 Å². The molecule has 2 heterocycles. The fraction of sp³-hybridized carbons (Fsp3) is 0.714. The van der Waals surface area contributed by atoms with Gasteiger partial charge in [-0.15, -0.1) is 0 Å². The number of hydrogen-bond acceptors (Lipinski definition) is 4. The van der Waals surface area contributed by atoms with Crippen LogP contribution >= 0.6 is 0 Å². The van der Waals surface area contributed by atoms with Gasteiger partial charge in [-0.2, -0.15) is 0 Å². The van der Waals surface area contributed by atoms with E-state index in [0.717, 1.165) is 37.2 Å². The van der Waals surface area contributed by atoms with Gasteiger partial charge in [0.05, 0.1) is 6.10 Å². The molecule has 1 aliphatic carbocycles. The molecule has 3 fully saturated rings. The van der Waals surface area contributed by atoms with Gasteiger partial charge in [-0.3, -0.25) is 4.90 Å². The van der Waals surface area contributed by atoms with Gasteiger partial charge < -0.3 is 14.7 Å². The lowest BCUT2D eigenvalue weighted by Gasteiger charge is -2.38. The van der Waals surface area contributed by atoms with E-state index in [4.69, 9.17) is 4.74 Å². The molecule has 1 aromatic rings. The average molecular weight is 439 g/mol. The Kier molecular flexibility index (Phi) is 8.29. The van der Waals surface area contributed by atoms with E-state index < -0.39 is 5.60 Å². The van der Waals surface area contributed by atoms with Crippen molar-refractivity contribution in [2.24, 2.45) is 5.92 Å². The van der Waals surface area contributed by atoms with E-state index in [2.05, 4.69) is 45.9 Å². The van der Waals surface area contributed by atoms with Crippen LogP contribution in [0.15, 0.2) is 24.3 Å². The maximum Gasteiger partial charge on any atom is 0.120 e. The van der Waals surface area contributed by atoms with Gasteiger partial charge in [0, 0.05) is 37.8 Å². The van der Waals surface area contributed by atoms with Crippen LogP contribution in [-0.2, 0) is 11.3 Å². The van der Waals surface area contributed by atoms with Crippen LogP contribution in [0.2, 0.25) is 0 Å². The molecule has 0 bridgehead atoms. The number of likely N-dealkylation sites (tertiary alicyclic amines) is 1. The molecule has 3 aliphatic rings. The molecule has 1 atom stereocenters. The minimum Gasteiger partial charge on any atom is -0.378 e. The van der Waals surface area contributed by atoms with Crippen LogP contribution in [0.1, 0.15) is 76.3 Å². The third-order valence-electron chi connectivity index (χ3n) is 7.37. The number of ether oxygens (including phenoxy) is 1. The predicted octanol–water partition coefficient (Wildman–Crippen LogP) is 4.44. The van der Waals surface area contributed by atoms with Gasteiger partial charge in [0.25, 0.3) is 0 Å². The van der Waals surface area contributed by atoms with Gasteiger partial charge in [0.2, 0.25) is 0 Å². The molecule has 4 nitrogen and oxygen atoms in total. The second-order valence-electron chi connectivity index (χ2n) is 10.8. The van der Waals surface area contributed by atoms with Crippen LogP contribution in [0.5, 0.6) is 0 Å². The zero-order valence-corrected chi connectivity index (χ0v) is 20.2. The summed E-state index contributed by atoms with van der Waals surface area (Å²) < 4.78 is 5.99. The van der Waals surface area contributed by atoms with Crippen LogP contribution in [0.3, 0.4) is 0 Å². The third kappa shape index (κ3) is 7.32. The highest BCUT2D eigenvalue weighted by atomic mass is 16.5. The fourth-order valence-electron chi connectivity index (χ4n) is 5.59. The first-order valence-corrected chi connectivity index (χ1v) is 12.9. The number of hydrogen-bond donors (Lipinski definition) is 1. The smallest absolute Gasteiger partial charge is 0.120 e. The van der Waals surface area contributed by atoms with Crippen molar-refractivity contribution in [2.75, 3.05) is 32.8 Å². The Balaban J connectivity index is 1.33. The second-order valence-corrected chi connectivity index (χ2v) is 10.8. The van der Waals surface area contributed by atoms with E-state index in [9.17, 15) is 5.11 Å². The minimum atomic E-state index is -0.954. The number of aliphatic hydroxyl groups is 1. The van der Waals surface area contributed by atoms with E-state index >= 15 is 0 Å². The first-order valence-electron chi connectivity index (χ1n) is 12.9. The quantitative estimate of drug-likeness (QED) is 0.638. The molecule has 2 aliphatic heterocycles. The fourth-order valence-corrected chi connectivity index (χ4v) is 5.59. The molecule has 0 spiro atoms. The standard InChI is InChI=1S/C28H42N2O2/c1-28(2,31)16-13-23-9-11-24(12-10-23)20-29(22-27-8-5-19-32-27)21-25-14-17-30(18-15-25)26-6-3-4-7-26/h9-12,25-27,31H,3-8,14-15,17-22H2,1-2H3/t27-/m1/s1. The van der Waals surface area contributed by atoms with Crippen LogP contribution in [-0.4, -0.2) is 65.4 Å². The van der Waals surface area contributed by atoms with E-state index in [-0.39, 0.29) is 0 Å². The van der Waals surface area contributed by atoms with Gasteiger partial charge in [-0.25, -0.2) is 0 Å². The molecule has 1 saturated carbocycles. The Morgan fingerprint density at radius 3 is 2.34 bits per heavy atom. The second kappa shape index (κ2) is 11.2. The normalized spacial score (nSPS) is 23.6. The Labute approximate surface area is 195 Å². The molecule has 0 radical (unpaired) electrons. The Hall–Kier alpha value is -1.38. The molecule has 1 aromatic carbocycles. The molecular weight excluding hydrogens is 396 g/mol. The van der Waals surface area contributed by atoms with Crippen molar-refractivity contribution in [3.8, 4) is 11.8 Å². The summed E-state index contributed by atoms with van der Waals surface area (Å²) in [6, 6.07) is 9.42. The van der Waals surface area contributed by atoms with Crippen molar-refractivity contribution in [3.05, 3.63) is 35.4 Å². The molecule has 2 saturated heterocycles. The minimum absolute atomic E-state index is 0.394. The van der Waals surface area contributed by atoms with Crippen molar-refractivity contribution in [3.63, 3.8) is 0 Å². The maximum absolute atomic E-state index is 9.83. The topological polar surface area (TPSA) is 35.9 Å². The zero-order valence-electron chi connectivity index (χ0n) is 20.2. The molecule has 0 amide bonds. The molecule has 1 N–H and O–H groups in total. The predicted molar refractivity (Wildman–Crippen MR) is 130 cm³/mol. The van der Waals surface area contributed by atoms with Gasteiger partial charge in [-0.1, -0.05) is 36.8 Å². The largest absolute Gasteiger partial charge is 0.378 e. The zero-order chi connectivity index (χ0) is 22.4. The van der Waals surface area contributed by atoms with Crippen molar-refractivity contribution in [1.29, 1.82) is 0 Å². The van der Waals surface area contributed by atoms with Gasteiger partial charge >= 0.3 is 0 Å². The van der Waals surface area contributed by atoms with E-state index in [1.54, 1.807) is 13.8 Å². The summed E-state index contributed by atoms with van der Waals surface area (Å²) in [4.78, 5) is 5.42. The number of piperidine rings is 1. The number of rotatable bonds is 7. The molecule has 32 heavy (non-hydrogen) atoms. The molecule has 176 valence electrons. The van der Waals surface area contributed by atoms with Crippen LogP contribution in [0.4, 0.5) is 0 Å². The number of nitrogens with zero attached hydrogens (tertiary/aromatic N) is 2. The SMILES string of the molecule is CC(C)(O)C#Cc1ccc(CN(CC2CCN(C3CCCC3)CC2)C[C@H]2CCCO2)cc1. The van der Waals surface area contributed by atoms with E-state index in [1.807, 2.05) is 0 Å². The van der Waals surface area contributed by atoms with E-state index in [0.29, 0.717) is 6.10 Å². The summed E-state index contributed by atoms with van der Waals surface area (Å²) in [6.45, 7) is 10.1. The Morgan fingerprint density at radius 2 is 1.72 bits per heavy atom. The molecular formula is C28H42N2O2. The summed E-state index contributed by atoms with van der Waals surface area (Å²) in [6.07, 6.45) is 11.2. The molecule has 0 unspecified atom stereocenters. The highest BCUT2D eigenvalue weighted by Gasteiger charge is 2.29. The molecule has 4 rings (SSSR count). The maximum atomic E-state index is 9.83. The van der Waals surface area contributed by atoms with Crippen LogP contribution in [0, 0.1) is 17.8 Å². The lowest BCUT2D eigenvalue weighted by Crippen LogP contribution is -2.43. The lowest BCUT2D eigenvalue weighted by molar-refractivity contribution is 0.0540. The number of benzene rings is 1. The highest BCUT2D eigenvalue weighted by Crippen LogP contribution is 2.28. The average Bonchev–Trinajstić information content (AvgIpc) is 3.48. The van der Waals surface area contributed by atoms with Gasteiger partial charge in [0.1, 0.15) is 5.60 Å². The van der Waals surface area contributed by atoms with Gasteiger partial charge in [0.15, 0.2) is 0 Å². The summed E-state index contributed by atoms with van der Waals surface area (Å²) in [5.74, 6) is 6.77. The summed E-state index contributed by atoms with van der Waals surface area (Å²) in [5, 5.41) is 9.83. The van der Waals surface area contributed by atoms with Crippen molar-refractivity contribution < 1.29 is 9.84 Å². The Morgan fingerprint density at radius 1 is 1.00 bits per heavy atom. The third-order valence-corrected chi connectivity index (χ3v) is 7.37. The highest BCUT2D eigenvalue weighted by molar-refractivity contribution is 5.37. The molecule has 0 aromatic heterocycles. The van der Waals surface area contributed by atoms with Crippen LogP contribution in [0.25, 0.3) is 0 Å². The summed E-state index contributed by atoms with van der Waals surface area (Å²) in [5.41, 5.74) is 1.34. The van der Waals surface area contributed by atoms with E-state index in [1.165, 1.54) is 76.6 Å². The first kappa shape index (κ1) is 23.8. The van der Waals surface area contributed by atoms with Crippen molar-refractivity contribution in [1.82, 2.24) is 9.80 Å². The van der Waals surface area contributed by atoms with Crippen molar-refractivity contribution in [2.45, 2.75) is 89.5 Å². The first-order chi connectivity index (χ1) is 15.4. The van der Waals surface area contributed by atoms with Gasteiger partial charge in [-0.05, 0) is 89.1 Å². The summed E-state index contributed by atoms with van der Waals surface area (Å²) >= 11 is 0. The Bertz CT molecular complexity index is 753.